The first kappa shape index (κ1) is 44.4. The molecule has 0 bridgehead atoms. The van der Waals surface area contributed by atoms with Crippen LogP contribution in [0.1, 0.15) is 149 Å². The van der Waals surface area contributed by atoms with Crippen LogP contribution in [0.3, 0.4) is 0 Å². The van der Waals surface area contributed by atoms with Crippen LogP contribution in [0.25, 0.3) is 0 Å². The molecule has 276 valence electrons. The lowest BCUT2D eigenvalue weighted by Gasteiger charge is -2.19. The Kier molecular flexibility index (Phi) is 31.5. The van der Waals surface area contributed by atoms with Crippen LogP contribution < -0.4 is 44.2 Å². The molecule has 2 amide bonds. The molecule has 0 aromatic rings. The third kappa shape index (κ3) is 30.5. The number of hydrogen-bond acceptors (Lipinski definition) is 6. The number of rotatable bonds is 34. The van der Waals surface area contributed by atoms with Gasteiger partial charge in [-0.3, -0.25) is 19.6 Å². The highest BCUT2D eigenvalue weighted by atomic mass is 16.2. The second-order valence-electron chi connectivity index (χ2n) is 12.8. The van der Waals surface area contributed by atoms with Gasteiger partial charge in [-0.05, 0) is 58.0 Å². The number of nitrogens with one attached hydrogen (secondary N) is 4. The standard InChI is InChI=1S/C35H74N10O2/c1-3-5-7-9-11-13-15-17-24-40-30(22-19-26-44-34(36)37)32(46)42-28-21-29-43-33(47)31(23-20-27-45-35(38)39)41-25-18-16-14-12-10-8-6-4-2/h30-31,40-41H,3-29H2,1-2H3,(H,42,46)(H,43,47)(H4,36,37,44)(H4,38,39,45)/t30-,31-/m0/s1. The molecule has 0 saturated carbocycles. The Balaban J connectivity index is 4.55. The fourth-order valence-corrected chi connectivity index (χ4v) is 5.49. The molecule has 0 aromatic heterocycles. The Bertz CT molecular complexity index is 737. The predicted octanol–water partition coefficient (Wildman–Crippen LogP) is 3.91. The normalized spacial score (nSPS) is 12.3. The first-order valence-corrected chi connectivity index (χ1v) is 18.9. The number of carbonyl (C=O) groups excluding carboxylic acids is 2. The monoisotopic (exact) mass is 667 g/mol. The smallest absolute Gasteiger partial charge is 0.237 e. The van der Waals surface area contributed by atoms with Crippen LogP contribution in [-0.2, 0) is 9.59 Å². The zero-order valence-electron chi connectivity index (χ0n) is 30.3. The van der Waals surface area contributed by atoms with E-state index in [9.17, 15) is 9.59 Å². The fraction of sp³-hybridized carbons (Fsp3) is 0.886. The first-order chi connectivity index (χ1) is 22.8. The molecule has 47 heavy (non-hydrogen) atoms. The van der Waals surface area contributed by atoms with Crippen LogP contribution in [0, 0.1) is 0 Å². The van der Waals surface area contributed by atoms with Gasteiger partial charge in [0.25, 0.3) is 0 Å². The van der Waals surface area contributed by atoms with Crippen LogP contribution in [0.15, 0.2) is 9.98 Å². The molecule has 0 aliphatic carbocycles. The summed E-state index contributed by atoms with van der Waals surface area (Å²) in [5.41, 5.74) is 21.8. The van der Waals surface area contributed by atoms with E-state index in [1.807, 2.05) is 0 Å². The third-order valence-corrected chi connectivity index (χ3v) is 8.32. The molecule has 12 heteroatoms. The van der Waals surface area contributed by atoms with E-state index in [2.05, 4.69) is 45.1 Å². The molecular weight excluding hydrogens is 592 g/mol. The second-order valence-corrected chi connectivity index (χ2v) is 12.8. The van der Waals surface area contributed by atoms with Gasteiger partial charge in [0.1, 0.15) is 0 Å². The van der Waals surface area contributed by atoms with Crippen molar-refractivity contribution in [2.24, 2.45) is 32.9 Å². The molecule has 0 aliphatic heterocycles. The topological polar surface area (TPSA) is 211 Å². The van der Waals surface area contributed by atoms with Gasteiger partial charge in [-0.2, -0.15) is 0 Å². The average Bonchev–Trinajstić information content (AvgIpc) is 3.04. The van der Waals surface area contributed by atoms with E-state index >= 15 is 0 Å². The molecule has 0 radical (unpaired) electrons. The van der Waals surface area contributed by atoms with Crippen molar-refractivity contribution in [2.45, 2.75) is 161 Å². The van der Waals surface area contributed by atoms with Crippen molar-refractivity contribution in [2.75, 3.05) is 39.3 Å². The second kappa shape index (κ2) is 33.3. The number of hydrogen-bond donors (Lipinski definition) is 8. The van der Waals surface area contributed by atoms with Crippen LogP contribution >= 0.6 is 0 Å². The molecule has 12 nitrogen and oxygen atoms in total. The van der Waals surface area contributed by atoms with Gasteiger partial charge >= 0.3 is 0 Å². The zero-order valence-corrected chi connectivity index (χ0v) is 30.3. The lowest BCUT2D eigenvalue weighted by molar-refractivity contribution is -0.123. The van der Waals surface area contributed by atoms with Crippen molar-refractivity contribution in [3.63, 3.8) is 0 Å². The molecule has 0 aromatic carbocycles. The minimum absolute atomic E-state index is 0.0229. The average molecular weight is 667 g/mol. The summed E-state index contributed by atoms with van der Waals surface area (Å²) in [6.45, 7) is 8.07. The minimum Gasteiger partial charge on any atom is -0.370 e. The van der Waals surface area contributed by atoms with E-state index in [1.54, 1.807) is 0 Å². The maximum Gasteiger partial charge on any atom is 0.237 e. The van der Waals surface area contributed by atoms with E-state index in [0.29, 0.717) is 58.3 Å². The number of nitrogens with two attached hydrogens (primary N) is 4. The Labute approximate surface area is 287 Å². The highest BCUT2D eigenvalue weighted by Crippen LogP contribution is 2.10. The summed E-state index contributed by atoms with van der Waals surface area (Å²) in [5, 5.41) is 13.0. The number of carbonyl (C=O) groups is 2. The molecular formula is C35H74N10O2. The van der Waals surface area contributed by atoms with Crippen LogP contribution in [0.2, 0.25) is 0 Å². The van der Waals surface area contributed by atoms with Crippen molar-refractivity contribution >= 4 is 23.7 Å². The maximum absolute atomic E-state index is 13.0. The number of unbranched alkanes of at least 4 members (excludes halogenated alkanes) is 14. The predicted molar refractivity (Wildman–Crippen MR) is 199 cm³/mol. The third-order valence-electron chi connectivity index (χ3n) is 8.32. The fourth-order valence-electron chi connectivity index (χ4n) is 5.49. The molecule has 0 saturated heterocycles. The molecule has 0 fully saturated rings. The summed E-state index contributed by atoms with van der Waals surface area (Å²) in [7, 11) is 0. The van der Waals surface area contributed by atoms with E-state index < -0.39 is 0 Å². The summed E-state index contributed by atoms with van der Waals surface area (Å²) in [6, 6.07) is -0.586. The Morgan fingerprint density at radius 1 is 0.468 bits per heavy atom. The van der Waals surface area contributed by atoms with Crippen molar-refractivity contribution in [1.29, 1.82) is 0 Å². The van der Waals surface area contributed by atoms with E-state index in [-0.39, 0.29) is 35.8 Å². The summed E-state index contributed by atoms with van der Waals surface area (Å²) >= 11 is 0. The lowest BCUT2D eigenvalue weighted by atomic mass is 10.1. The van der Waals surface area contributed by atoms with Gasteiger partial charge in [-0.25, -0.2) is 0 Å². The summed E-state index contributed by atoms with van der Waals surface area (Å²) in [6.07, 6.45) is 23.4. The van der Waals surface area contributed by atoms with Gasteiger partial charge < -0.3 is 44.2 Å². The zero-order chi connectivity index (χ0) is 34.8. The summed E-state index contributed by atoms with van der Waals surface area (Å²) in [5.74, 6) is 0.0917. The van der Waals surface area contributed by atoms with Crippen LogP contribution in [-0.4, -0.2) is 75.1 Å². The SMILES string of the molecule is CCCCCCCCCCN[C@@H](CCCN=C(N)N)C(=O)NCCCNC(=O)[C@H](CCCN=C(N)N)NCCCCCCCCCC. The number of nitrogens with zero attached hydrogens (tertiary/aromatic N) is 2. The van der Waals surface area contributed by atoms with Gasteiger partial charge in [0.15, 0.2) is 11.9 Å². The minimum atomic E-state index is -0.293. The van der Waals surface area contributed by atoms with E-state index in [4.69, 9.17) is 22.9 Å². The van der Waals surface area contributed by atoms with Crippen LogP contribution in [0.4, 0.5) is 0 Å². The maximum atomic E-state index is 13.0. The summed E-state index contributed by atoms with van der Waals surface area (Å²) in [4.78, 5) is 34.1. The number of amides is 2. The van der Waals surface area contributed by atoms with Crippen molar-refractivity contribution in [1.82, 2.24) is 21.3 Å². The van der Waals surface area contributed by atoms with E-state index in [1.165, 1.54) is 89.9 Å². The lowest BCUT2D eigenvalue weighted by Crippen LogP contribution is -2.46. The Morgan fingerprint density at radius 3 is 1.15 bits per heavy atom. The molecule has 2 atom stereocenters. The van der Waals surface area contributed by atoms with Gasteiger partial charge in [0, 0.05) is 26.2 Å². The van der Waals surface area contributed by atoms with Crippen molar-refractivity contribution in [3.05, 3.63) is 0 Å². The summed E-state index contributed by atoms with van der Waals surface area (Å²) < 4.78 is 0. The number of aliphatic imine (C=N–C) groups is 2. The van der Waals surface area contributed by atoms with E-state index in [0.717, 1.165) is 25.9 Å². The molecule has 0 spiro atoms. The van der Waals surface area contributed by atoms with Gasteiger partial charge in [0.2, 0.25) is 11.8 Å². The van der Waals surface area contributed by atoms with Gasteiger partial charge in [-0.15, -0.1) is 0 Å². The molecule has 0 heterocycles. The Morgan fingerprint density at radius 2 is 0.809 bits per heavy atom. The molecule has 0 unspecified atom stereocenters. The molecule has 0 aliphatic rings. The largest absolute Gasteiger partial charge is 0.370 e. The van der Waals surface area contributed by atoms with Crippen LogP contribution in [0.5, 0.6) is 0 Å². The highest BCUT2D eigenvalue weighted by molar-refractivity contribution is 5.82. The quantitative estimate of drug-likeness (QED) is 0.0286. The van der Waals surface area contributed by atoms with Crippen molar-refractivity contribution in [3.8, 4) is 0 Å². The molecule has 12 N–H and O–H groups in total. The van der Waals surface area contributed by atoms with Crippen molar-refractivity contribution < 1.29 is 9.59 Å². The first-order valence-electron chi connectivity index (χ1n) is 18.9. The Hall–Kier alpha value is -2.60. The molecule has 0 rings (SSSR count). The van der Waals surface area contributed by atoms with Gasteiger partial charge in [-0.1, -0.05) is 104 Å². The number of guanidine groups is 2. The highest BCUT2D eigenvalue weighted by Gasteiger charge is 2.18. The van der Waals surface area contributed by atoms with Gasteiger partial charge in [0.05, 0.1) is 12.1 Å².